The van der Waals surface area contributed by atoms with Gasteiger partial charge in [-0.2, -0.15) is 0 Å². The maximum absolute atomic E-state index is 10.4. The lowest BCUT2D eigenvalue weighted by Crippen LogP contribution is -2.38. The van der Waals surface area contributed by atoms with Gasteiger partial charge in [0.05, 0.1) is 0 Å². The second-order valence-electron chi connectivity index (χ2n) is 3.16. The quantitative estimate of drug-likeness (QED) is 0.803. The minimum absolute atomic E-state index is 0.0776. The number of hydrogen-bond acceptors (Lipinski definition) is 4. The summed E-state index contributed by atoms with van der Waals surface area (Å²) in [7, 11) is 0. The van der Waals surface area contributed by atoms with Gasteiger partial charge in [-0.3, -0.25) is 4.79 Å². The zero-order valence-electron chi connectivity index (χ0n) is 8.41. The first kappa shape index (κ1) is 10.7. The van der Waals surface area contributed by atoms with Crippen molar-refractivity contribution in [2.75, 3.05) is 0 Å². The number of hydrogen-bond donors (Lipinski definition) is 1. The number of aromatic nitrogens is 3. The van der Waals surface area contributed by atoms with Gasteiger partial charge in [0, 0.05) is 23.2 Å². The van der Waals surface area contributed by atoms with Gasteiger partial charge in [0.1, 0.15) is 17.6 Å². The fourth-order valence-corrected chi connectivity index (χ4v) is 1.85. The summed E-state index contributed by atoms with van der Waals surface area (Å²) in [6, 6.07) is 1.88. The molecule has 0 aliphatic heterocycles. The molecular formula is C10H10N3O2S+. The van der Waals surface area contributed by atoms with Crippen LogP contribution in [0.4, 0.5) is 0 Å². The summed E-state index contributed by atoms with van der Waals surface area (Å²) >= 11 is 1.55. The zero-order valence-corrected chi connectivity index (χ0v) is 9.22. The first-order chi connectivity index (χ1) is 7.75. The third-order valence-electron chi connectivity index (χ3n) is 2.01. The van der Waals surface area contributed by atoms with E-state index in [1.54, 1.807) is 34.6 Å². The fraction of sp³-hybridized carbons (Fsp3) is 0.200. The monoisotopic (exact) mass is 236 g/mol. The third kappa shape index (κ3) is 2.60. The first-order valence-electron chi connectivity index (χ1n) is 4.73. The Balaban J connectivity index is 2.08. The molecule has 2 rings (SSSR count). The van der Waals surface area contributed by atoms with Crippen molar-refractivity contribution in [3.8, 4) is 10.6 Å². The van der Waals surface area contributed by atoms with Gasteiger partial charge in [-0.15, -0.1) is 11.3 Å². The van der Waals surface area contributed by atoms with Crippen LogP contribution >= 0.6 is 11.3 Å². The number of thiazole rings is 1. The largest absolute Gasteiger partial charge is 0.481 e. The van der Waals surface area contributed by atoms with Gasteiger partial charge in [-0.1, -0.05) is 4.68 Å². The Morgan fingerprint density at radius 2 is 2.44 bits per heavy atom. The van der Waals surface area contributed by atoms with Gasteiger partial charge in [-0.05, 0) is 5.10 Å². The van der Waals surface area contributed by atoms with E-state index in [0.717, 1.165) is 10.6 Å². The molecule has 5 nitrogen and oxygen atoms in total. The smallest absolute Gasteiger partial charge is 0.309 e. The van der Waals surface area contributed by atoms with Gasteiger partial charge in [0.15, 0.2) is 12.7 Å². The van der Waals surface area contributed by atoms with Crippen LogP contribution in [-0.2, 0) is 11.3 Å². The molecule has 0 unspecified atom stereocenters. The van der Waals surface area contributed by atoms with E-state index in [2.05, 4.69) is 10.1 Å². The molecule has 0 atom stereocenters. The van der Waals surface area contributed by atoms with Gasteiger partial charge in [0.2, 0.25) is 0 Å². The van der Waals surface area contributed by atoms with Crippen LogP contribution in [0.25, 0.3) is 10.6 Å². The summed E-state index contributed by atoms with van der Waals surface area (Å²) in [5.41, 5.74) is 0.946. The van der Waals surface area contributed by atoms with E-state index in [9.17, 15) is 4.79 Å². The zero-order chi connectivity index (χ0) is 11.4. The summed E-state index contributed by atoms with van der Waals surface area (Å²) < 4.78 is 1.60. The average Bonchev–Trinajstić information content (AvgIpc) is 2.80. The van der Waals surface area contributed by atoms with E-state index in [0.29, 0.717) is 6.54 Å². The molecule has 0 saturated carbocycles. The highest BCUT2D eigenvalue weighted by molar-refractivity contribution is 7.13. The Kier molecular flexibility index (Phi) is 3.21. The number of carboxylic acids is 1. The Labute approximate surface area is 96.0 Å². The highest BCUT2D eigenvalue weighted by Gasteiger charge is 2.08. The van der Waals surface area contributed by atoms with Crippen LogP contribution in [0, 0.1) is 0 Å². The molecule has 0 radical (unpaired) electrons. The van der Waals surface area contributed by atoms with E-state index >= 15 is 0 Å². The molecule has 2 aromatic heterocycles. The summed E-state index contributed by atoms with van der Waals surface area (Å²) in [5.74, 6) is -0.821. The minimum Gasteiger partial charge on any atom is -0.481 e. The second-order valence-corrected chi connectivity index (χ2v) is 4.05. The fourth-order valence-electron chi connectivity index (χ4n) is 1.22. The van der Waals surface area contributed by atoms with Crippen molar-refractivity contribution < 1.29 is 14.6 Å². The maximum Gasteiger partial charge on any atom is 0.309 e. The van der Waals surface area contributed by atoms with Crippen molar-refractivity contribution >= 4 is 17.3 Å². The molecule has 0 spiro atoms. The van der Waals surface area contributed by atoms with Crippen LogP contribution in [-0.4, -0.2) is 21.2 Å². The van der Waals surface area contributed by atoms with Crippen LogP contribution in [0.2, 0.25) is 0 Å². The van der Waals surface area contributed by atoms with E-state index in [1.165, 1.54) is 0 Å². The molecule has 16 heavy (non-hydrogen) atoms. The molecule has 0 fully saturated rings. The van der Waals surface area contributed by atoms with Crippen LogP contribution in [0.1, 0.15) is 6.42 Å². The lowest BCUT2D eigenvalue weighted by atomic mass is 10.3. The van der Waals surface area contributed by atoms with Crippen molar-refractivity contribution in [1.82, 2.24) is 10.1 Å². The Hall–Kier alpha value is -1.82. The van der Waals surface area contributed by atoms with Gasteiger partial charge >= 0.3 is 5.97 Å². The molecule has 0 aromatic carbocycles. The number of carbonyl (C=O) groups is 1. The number of nitrogens with zero attached hydrogens (tertiary/aromatic N) is 3. The average molecular weight is 236 g/mol. The topological polar surface area (TPSA) is 67.0 Å². The van der Waals surface area contributed by atoms with Crippen LogP contribution < -0.4 is 4.68 Å². The number of aliphatic carboxylic acids is 1. The van der Waals surface area contributed by atoms with Crippen molar-refractivity contribution in [2.45, 2.75) is 13.0 Å². The maximum atomic E-state index is 10.4. The van der Waals surface area contributed by atoms with E-state index in [1.807, 2.05) is 11.4 Å². The minimum atomic E-state index is -0.821. The SMILES string of the molecule is O=C(O)CC[n+]1ccc(-c2nccs2)cn1. The summed E-state index contributed by atoms with van der Waals surface area (Å²) in [5, 5.41) is 15.5. The van der Waals surface area contributed by atoms with Crippen LogP contribution in [0.15, 0.2) is 30.0 Å². The van der Waals surface area contributed by atoms with Crippen molar-refractivity contribution in [3.63, 3.8) is 0 Å². The number of rotatable bonds is 4. The predicted octanol–water partition coefficient (Wildman–Crippen LogP) is 0.967. The van der Waals surface area contributed by atoms with Crippen LogP contribution in [0.3, 0.4) is 0 Å². The Morgan fingerprint density at radius 1 is 1.56 bits per heavy atom. The molecule has 0 aliphatic carbocycles. The van der Waals surface area contributed by atoms with Crippen molar-refractivity contribution in [2.24, 2.45) is 0 Å². The molecular weight excluding hydrogens is 226 g/mol. The first-order valence-corrected chi connectivity index (χ1v) is 5.61. The molecule has 82 valence electrons. The molecule has 0 saturated heterocycles. The standard InChI is InChI=1S/C10H9N3O2S/c14-9(15)2-5-13-4-1-8(7-12-13)10-11-3-6-16-10/h1,3-4,6-7H,2,5H2/p+1. The molecule has 0 aliphatic rings. The molecule has 1 N–H and O–H groups in total. The number of aryl methyl sites for hydroxylation is 1. The predicted molar refractivity (Wildman–Crippen MR) is 57.8 cm³/mol. The lowest BCUT2D eigenvalue weighted by Gasteiger charge is -1.94. The molecule has 2 heterocycles. The van der Waals surface area contributed by atoms with Gasteiger partial charge in [0.25, 0.3) is 0 Å². The van der Waals surface area contributed by atoms with Crippen LogP contribution in [0.5, 0.6) is 0 Å². The van der Waals surface area contributed by atoms with Gasteiger partial charge < -0.3 is 5.11 Å². The summed E-state index contributed by atoms with van der Waals surface area (Å²) in [6.45, 7) is 0.382. The molecule has 6 heteroatoms. The van der Waals surface area contributed by atoms with Crippen molar-refractivity contribution in [1.29, 1.82) is 0 Å². The number of carboxylic acid groups (broad SMARTS) is 1. The normalized spacial score (nSPS) is 10.2. The molecule has 0 amide bonds. The third-order valence-corrected chi connectivity index (χ3v) is 2.83. The summed E-state index contributed by atoms with van der Waals surface area (Å²) in [4.78, 5) is 14.5. The van der Waals surface area contributed by atoms with E-state index < -0.39 is 5.97 Å². The van der Waals surface area contributed by atoms with Gasteiger partial charge in [-0.25, -0.2) is 4.98 Å². The Morgan fingerprint density at radius 3 is 3.00 bits per heavy atom. The lowest BCUT2D eigenvalue weighted by molar-refractivity contribution is -0.752. The van der Waals surface area contributed by atoms with E-state index in [4.69, 9.17) is 5.11 Å². The second kappa shape index (κ2) is 4.80. The van der Waals surface area contributed by atoms with E-state index in [-0.39, 0.29) is 6.42 Å². The summed E-state index contributed by atoms with van der Waals surface area (Å²) in [6.07, 6.45) is 5.28. The van der Waals surface area contributed by atoms with Crippen molar-refractivity contribution in [3.05, 3.63) is 30.0 Å². The molecule has 0 bridgehead atoms. The Bertz CT molecular complexity index is 467. The molecule has 2 aromatic rings. The highest BCUT2D eigenvalue weighted by atomic mass is 32.1. The highest BCUT2D eigenvalue weighted by Crippen LogP contribution is 2.18.